The van der Waals surface area contributed by atoms with Crippen LogP contribution in [0, 0.1) is 6.92 Å². The first kappa shape index (κ1) is 14.2. The van der Waals surface area contributed by atoms with Crippen LogP contribution >= 0.6 is 22.6 Å². The molecule has 0 saturated heterocycles. The van der Waals surface area contributed by atoms with Crippen LogP contribution in [0.4, 0.5) is 0 Å². The molecule has 2 aromatic heterocycles. The summed E-state index contributed by atoms with van der Waals surface area (Å²) in [5.74, 6) is -0.0941. The average Bonchev–Trinajstić information content (AvgIpc) is 3.05. The molecule has 0 unspecified atom stereocenters. The Balaban J connectivity index is 2.04. The van der Waals surface area contributed by atoms with Crippen molar-refractivity contribution >= 4 is 28.6 Å². The van der Waals surface area contributed by atoms with E-state index in [1.807, 2.05) is 22.6 Å². The molecule has 0 aromatic carbocycles. The predicted octanol–water partition coefficient (Wildman–Crippen LogP) is 1.30. The minimum absolute atomic E-state index is 0.126. The van der Waals surface area contributed by atoms with E-state index in [1.165, 1.54) is 10.9 Å². The van der Waals surface area contributed by atoms with Crippen molar-refractivity contribution in [3.05, 3.63) is 39.1 Å². The highest BCUT2D eigenvalue weighted by molar-refractivity contribution is 14.1. The van der Waals surface area contributed by atoms with Gasteiger partial charge in [-0.2, -0.15) is 5.10 Å². The molecule has 1 aliphatic carbocycles. The number of aryl methyl sites for hydroxylation is 1. The van der Waals surface area contributed by atoms with Crippen LogP contribution in [-0.4, -0.2) is 30.3 Å². The van der Waals surface area contributed by atoms with Gasteiger partial charge in [0.25, 0.3) is 5.56 Å². The number of hydrogen-bond donors (Lipinski definition) is 1. The number of halogens is 1. The molecule has 1 aliphatic rings. The number of H-pyrrole nitrogens is 1. The van der Waals surface area contributed by atoms with Gasteiger partial charge in [0.15, 0.2) is 0 Å². The highest BCUT2D eigenvalue weighted by Gasteiger charge is 2.21. The molecule has 0 saturated carbocycles. The zero-order chi connectivity index (χ0) is 15.0. The van der Waals surface area contributed by atoms with Crippen molar-refractivity contribution < 1.29 is 9.53 Å². The van der Waals surface area contributed by atoms with Gasteiger partial charge < -0.3 is 4.74 Å². The summed E-state index contributed by atoms with van der Waals surface area (Å²) < 4.78 is 6.69. The van der Waals surface area contributed by atoms with E-state index in [0.717, 1.165) is 30.5 Å². The van der Waals surface area contributed by atoms with Crippen molar-refractivity contribution in [2.45, 2.75) is 26.2 Å². The van der Waals surface area contributed by atoms with Crippen molar-refractivity contribution in [2.75, 3.05) is 4.61 Å². The van der Waals surface area contributed by atoms with Gasteiger partial charge in [-0.15, -0.1) is 0 Å². The van der Waals surface area contributed by atoms with Gasteiger partial charge in [-0.3, -0.25) is 9.78 Å². The van der Waals surface area contributed by atoms with Crippen LogP contribution in [0.25, 0.3) is 5.95 Å². The van der Waals surface area contributed by atoms with Gasteiger partial charge in [-0.05, 0) is 48.8 Å². The molecule has 2 heterocycles. The van der Waals surface area contributed by atoms with Crippen LogP contribution in [0.2, 0.25) is 0 Å². The molecule has 0 atom stereocenters. The Bertz CT molecular complexity index is 765. The Kier molecular flexibility index (Phi) is 3.79. The Morgan fingerprint density at radius 2 is 2.33 bits per heavy atom. The van der Waals surface area contributed by atoms with Crippen molar-refractivity contribution in [1.82, 2.24) is 19.7 Å². The number of alkyl halides is 1. The largest absolute Gasteiger partial charge is 0.451 e. The molecule has 2 aromatic rings. The first-order valence-electron chi connectivity index (χ1n) is 6.52. The summed E-state index contributed by atoms with van der Waals surface area (Å²) in [4.78, 5) is 31.0. The fourth-order valence-corrected chi connectivity index (χ4v) is 2.76. The lowest BCUT2D eigenvalue weighted by Gasteiger charge is -2.06. The number of nitrogens with one attached hydrogen (secondary N) is 1. The summed E-state index contributed by atoms with van der Waals surface area (Å²) in [7, 11) is 0. The van der Waals surface area contributed by atoms with Crippen molar-refractivity contribution in [3.8, 4) is 5.95 Å². The van der Waals surface area contributed by atoms with Gasteiger partial charge in [0, 0.05) is 5.56 Å². The van der Waals surface area contributed by atoms with Crippen molar-refractivity contribution in [2.24, 2.45) is 0 Å². The van der Waals surface area contributed by atoms with E-state index in [4.69, 9.17) is 4.74 Å². The molecule has 7 nitrogen and oxygen atoms in total. The lowest BCUT2D eigenvalue weighted by atomic mass is 10.2. The molecule has 0 aliphatic heterocycles. The van der Waals surface area contributed by atoms with Crippen LogP contribution in [0.1, 0.15) is 33.7 Å². The summed E-state index contributed by atoms with van der Waals surface area (Å²) in [5, 5.41) is 4.14. The third kappa shape index (κ3) is 2.47. The summed E-state index contributed by atoms with van der Waals surface area (Å²) in [6.07, 6.45) is 3.94. The molecule has 0 spiro atoms. The molecule has 1 N–H and O–H groups in total. The number of esters is 1. The van der Waals surface area contributed by atoms with Crippen molar-refractivity contribution in [1.29, 1.82) is 0 Å². The molecule has 8 heteroatoms. The fourth-order valence-electron chi connectivity index (χ4n) is 2.48. The Morgan fingerprint density at radius 1 is 1.52 bits per heavy atom. The summed E-state index contributed by atoms with van der Waals surface area (Å²) in [5.41, 5.74) is 2.41. The maximum absolute atomic E-state index is 12.0. The number of aromatic amines is 1. The molecule has 0 bridgehead atoms. The number of rotatable bonds is 3. The van der Waals surface area contributed by atoms with E-state index in [9.17, 15) is 9.59 Å². The van der Waals surface area contributed by atoms with E-state index in [-0.39, 0.29) is 10.2 Å². The number of aromatic nitrogens is 4. The molecule has 3 rings (SSSR count). The normalized spacial score (nSPS) is 13.2. The highest BCUT2D eigenvalue weighted by atomic mass is 127. The van der Waals surface area contributed by atoms with Gasteiger partial charge in [0.2, 0.25) is 5.95 Å². The maximum Gasteiger partial charge on any atom is 0.342 e. The van der Waals surface area contributed by atoms with E-state index >= 15 is 0 Å². The standard InChI is InChI=1S/C13H13IN4O3/c1-7-9(12(20)21-6-14)5-15-18(7)13-16-10-4-2-3-8(10)11(19)17-13/h5H,2-4,6H2,1H3,(H,16,17,19). The van der Waals surface area contributed by atoms with Crippen LogP contribution in [-0.2, 0) is 17.6 Å². The quantitative estimate of drug-likeness (QED) is 0.477. The SMILES string of the molecule is Cc1c(C(=O)OCI)cnn1-c1nc2c(c(=O)[nH]1)CCC2. The average molecular weight is 400 g/mol. The fraction of sp³-hybridized carbons (Fsp3) is 0.385. The lowest BCUT2D eigenvalue weighted by Crippen LogP contribution is -2.19. The third-order valence-electron chi connectivity index (χ3n) is 3.54. The number of ether oxygens (including phenoxy) is 1. The predicted molar refractivity (Wildman–Crippen MR) is 83.0 cm³/mol. The number of nitrogens with zero attached hydrogens (tertiary/aromatic N) is 3. The van der Waals surface area contributed by atoms with Crippen molar-refractivity contribution in [3.63, 3.8) is 0 Å². The molecule has 0 amide bonds. The highest BCUT2D eigenvalue weighted by Crippen LogP contribution is 2.18. The molecular weight excluding hydrogens is 387 g/mol. The van der Waals surface area contributed by atoms with E-state index in [2.05, 4.69) is 15.1 Å². The maximum atomic E-state index is 12.0. The lowest BCUT2D eigenvalue weighted by molar-refractivity contribution is 0.0589. The summed E-state index contributed by atoms with van der Waals surface area (Å²) >= 11 is 1.95. The number of fused-ring (bicyclic) bond motifs is 1. The number of carbonyl (C=O) groups is 1. The molecule has 110 valence electrons. The van der Waals surface area contributed by atoms with Gasteiger partial charge in [-0.25, -0.2) is 14.5 Å². The Hall–Kier alpha value is -1.71. The second-order valence-corrected chi connectivity index (χ2v) is 5.39. The van der Waals surface area contributed by atoms with Gasteiger partial charge in [0.05, 0.1) is 17.6 Å². The summed E-state index contributed by atoms with van der Waals surface area (Å²) in [6.45, 7) is 1.74. The topological polar surface area (TPSA) is 89.9 Å². The molecular formula is C13H13IN4O3. The van der Waals surface area contributed by atoms with Gasteiger partial charge in [0.1, 0.15) is 10.2 Å². The summed E-state index contributed by atoms with van der Waals surface area (Å²) in [6, 6.07) is 0. The third-order valence-corrected chi connectivity index (χ3v) is 3.86. The Morgan fingerprint density at radius 3 is 3.10 bits per heavy atom. The zero-order valence-corrected chi connectivity index (χ0v) is 13.5. The van der Waals surface area contributed by atoms with Gasteiger partial charge >= 0.3 is 5.97 Å². The Labute approximate surface area is 133 Å². The van der Waals surface area contributed by atoms with Crippen LogP contribution in [0.15, 0.2) is 11.0 Å². The first-order valence-corrected chi connectivity index (χ1v) is 8.04. The molecule has 0 radical (unpaired) electrons. The molecule has 0 fully saturated rings. The second-order valence-electron chi connectivity index (χ2n) is 4.76. The number of carbonyl (C=O) groups excluding carboxylic acids is 1. The van der Waals surface area contributed by atoms with Gasteiger partial charge in [-0.1, -0.05) is 0 Å². The minimum atomic E-state index is -0.434. The van der Waals surface area contributed by atoms with E-state index < -0.39 is 5.97 Å². The number of hydrogen-bond acceptors (Lipinski definition) is 5. The first-order chi connectivity index (χ1) is 10.1. The smallest absolute Gasteiger partial charge is 0.342 e. The minimum Gasteiger partial charge on any atom is -0.451 e. The van der Waals surface area contributed by atoms with Crippen LogP contribution in [0.5, 0.6) is 0 Å². The van der Waals surface area contributed by atoms with Crippen LogP contribution in [0.3, 0.4) is 0 Å². The van der Waals surface area contributed by atoms with E-state index in [0.29, 0.717) is 17.2 Å². The second kappa shape index (κ2) is 5.58. The monoisotopic (exact) mass is 400 g/mol. The molecule has 21 heavy (non-hydrogen) atoms. The van der Waals surface area contributed by atoms with E-state index in [1.54, 1.807) is 6.92 Å². The van der Waals surface area contributed by atoms with Crippen LogP contribution < -0.4 is 5.56 Å². The zero-order valence-electron chi connectivity index (χ0n) is 11.4.